The number of ether oxygens (including phenoxy) is 1. The first-order valence-electron chi connectivity index (χ1n) is 8.79. The number of carbonyl (C=O) groups is 1. The van der Waals surface area contributed by atoms with Gasteiger partial charge < -0.3 is 9.84 Å². The molecule has 2 atom stereocenters. The van der Waals surface area contributed by atoms with Crippen LogP contribution in [-0.4, -0.2) is 23.4 Å². The average molecular weight is 372 g/mol. The number of methoxy groups -OCH3 is 1. The first-order chi connectivity index (χ1) is 12.3. The lowest BCUT2D eigenvalue weighted by molar-refractivity contribution is -0.117. The number of aryl methyl sites for hydroxylation is 1. The molecule has 2 aromatic rings. The number of phenolic OH excluding ortho intramolecular Hbond substituents is 1. The van der Waals surface area contributed by atoms with Crippen LogP contribution in [0.1, 0.15) is 48.8 Å². The number of hydrogen-bond acceptors (Lipinski definition) is 4. The van der Waals surface area contributed by atoms with Gasteiger partial charge in [0, 0.05) is 5.69 Å². The van der Waals surface area contributed by atoms with E-state index in [0.29, 0.717) is 0 Å². The molecule has 0 aliphatic carbocycles. The minimum Gasteiger partial charge on any atom is -0.508 e. The van der Waals surface area contributed by atoms with Crippen LogP contribution in [0.4, 0.5) is 5.69 Å². The number of rotatable bonds is 4. The number of nitrogens with zero attached hydrogens (tertiary/aromatic N) is 1. The molecular formula is C21H25NO3S. The van der Waals surface area contributed by atoms with Crippen LogP contribution in [-0.2, 0) is 4.79 Å². The van der Waals surface area contributed by atoms with Gasteiger partial charge in [-0.15, -0.1) is 11.8 Å². The van der Waals surface area contributed by atoms with Crippen LogP contribution in [0, 0.1) is 6.92 Å². The van der Waals surface area contributed by atoms with E-state index >= 15 is 0 Å². The quantitative estimate of drug-likeness (QED) is 0.822. The summed E-state index contributed by atoms with van der Waals surface area (Å²) in [5.41, 5.74) is 3.69. The van der Waals surface area contributed by atoms with E-state index in [-0.39, 0.29) is 28.2 Å². The van der Waals surface area contributed by atoms with Crippen LogP contribution in [0.2, 0.25) is 0 Å². The second-order valence-electron chi connectivity index (χ2n) is 6.96. The first kappa shape index (κ1) is 18.6. The molecule has 3 rings (SSSR count). The lowest BCUT2D eigenvalue weighted by Gasteiger charge is -2.27. The number of hydrogen-bond donors (Lipinski definition) is 1. The fourth-order valence-corrected chi connectivity index (χ4v) is 4.55. The van der Waals surface area contributed by atoms with Crippen LogP contribution >= 0.6 is 11.8 Å². The molecule has 1 heterocycles. The predicted molar refractivity (Wildman–Crippen MR) is 107 cm³/mol. The SMILES string of the molecule is COc1ccc(C2SC(C)C(=O)N2c2cc(C(C)C)c(O)cc2C)cc1. The zero-order valence-electron chi connectivity index (χ0n) is 15.8. The van der Waals surface area contributed by atoms with Crippen molar-refractivity contribution < 1.29 is 14.6 Å². The van der Waals surface area contributed by atoms with Gasteiger partial charge in [0.25, 0.3) is 0 Å². The summed E-state index contributed by atoms with van der Waals surface area (Å²) < 4.78 is 5.24. The van der Waals surface area contributed by atoms with Gasteiger partial charge in [-0.2, -0.15) is 0 Å². The molecule has 1 aliphatic rings. The van der Waals surface area contributed by atoms with Gasteiger partial charge in [-0.25, -0.2) is 0 Å². The Morgan fingerprint density at radius 3 is 2.42 bits per heavy atom. The van der Waals surface area contributed by atoms with Crippen LogP contribution in [0.5, 0.6) is 11.5 Å². The average Bonchev–Trinajstić information content (AvgIpc) is 2.90. The van der Waals surface area contributed by atoms with Crippen molar-refractivity contribution in [2.24, 2.45) is 0 Å². The van der Waals surface area contributed by atoms with Crippen molar-refractivity contribution in [2.45, 2.75) is 44.2 Å². The molecule has 1 N–H and O–H groups in total. The van der Waals surface area contributed by atoms with Crippen LogP contribution < -0.4 is 9.64 Å². The van der Waals surface area contributed by atoms with E-state index in [0.717, 1.165) is 28.1 Å². The lowest BCUT2D eigenvalue weighted by atomic mass is 9.98. The van der Waals surface area contributed by atoms with E-state index in [1.165, 1.54) is 0 Å². The van der Waals surface area contributed by atoms with Gasteiger partial charge in [-0.05, 0) is 60.7 Å². The summed E-state index contributed by atoms with van der Waals surface area (Å²) in [6.45, 7) is 7.96. The minimum absolute atomic E-state index is 0.0911. The minimum atomic E-state index is -0.113. The molecule has 0 aromatic heterocycles. The molecule has 5 heteroatoms. The van der Waals surface area contributed by atoms with Gasteiger partial charge in [-0.1, -0.05) is 26.0 Å². The highest BCUT2D eigenvalue weighted by molar-refractivity contribution is 8.01. The summed E-state index contributed by atoms with van der Waals surface area (Å²) in [6, 6.07) is 11.6. The lowest BCUT2D eigenvalue weighted by Crippen LogP contribution is -2.30. The molecule has 0 spiro atoms. The zero-order valence-corrected chi connectivity index (χ0v) is 16.6. The number of carbonyl (C=O) groups excluding carboxylic acids is 1. The zero-order chi connectivity index (χ0) is 19.0. The fraction of sp³-hybridized carbons (Fsp3) is 0.381. The van der Waals surface area contributed by atoms with Crippen molar-refractivity contribution in [3.63, 3.8) is 0 Å². The molecule has 26 heavy (non-hydrogen) atoms. The molecule has 138 valence electrons. The highest BCUT2D eigenvalue weighted by Crippen LogP contribution is 2.47. The maximum Gasteiger partial charge on any atom is 0.241 e. The third kappa shape index (κ3) is 3.28. The topological polar surface area (TPSA) is 49.8 Å². The Morgan fingerprint density at radius 2 is 1.85 bits per heavy atom. The Hall–Kier alpha value is -2.14. The monoisotopic (exact) mass is 371 g/mol. The summed E-state index contributed by atoms with van der Waals surface area (Å²) >= 11 is 1.64. The van der Waals surface area contributed by atoms with E-state index in [4.69, 9.17) is 4.74 Å². The molecule has 0 bridgehead atoms. The summed E-state index contributed by atoms with van der Waals surface area (Å²) in [6.07, 6.45) is 0. The van der Waals surface area contributed by atoms with Gasteiger partial charge >= 0.3 is 0 Å². The molecule has 1 saturated heterocycles. The Kier molecular flexibility index (Phi) is 5.19. The van der Waals surface area contributed by atoms with E-state index in [1.807, 2.05) is 62.9 Å². The molecule has 4 nitrogen and oxygen atoms in total. The Bertz CT molecular complexity index is 817. The fourth-order valence-electron chi connectivity index (χ4n) is 3.28. The van der Waals surface area contributed by atoms with E-state index < -0.39 is 0 Å². The predicted octanol–water partition coefficient (Wildman–Crippen LogP) is 5.00. The van der Waals surface area contributed by atoms with Crippen LogP contribution in [0.15, 0.2) is 36.4 Å². The van der Waals surface area contributed by atoms with E-state index in [1.54, 1.807) is 24.9 Å². The second kappa shape index (κ2) is 7.23. The standard InChI is InChI=1S/C21H25NO3S/c1-12(2)17-11-18(13(3)10-19(17)23)22-20(24)14(4)26-21(22)15-6-8-16(25-5)9-7-15/h6-12,14,21,23H,1-5H3. The molecule has 1 amide bonds. The highest BCUT2D eigenvalue weighted by atomic mass is 32.2. The third-order valence-electron chi connectivity index (χ3n) is 4.78. The van der Waals surface area contributed by atoms with Gasteiger partial charge in [0.1, 0.15) is 16.9 Å². The summed E-state index contributed by atoms with van der Waals surface area (Å²) in [7, 11) is 1.64. The van der Waals surface area contributed by atoms with Gasteiger partial charge in [0.05, 0.1) is 12.4 Å². The van der Waals surface area contributed by atoms with Gasteiger partial charge in [0.2, 0.25) is 5.91 Å². The summed E-state index contributed by atoms with van der Waals surface area (Å²) in [5.74, 6) is 1.36. The Balaban J connectivity index is 2.07. The van der Waals surface area contributed by atoms with Crippen molar-refractivity contribution >= 4 is 23.4 Å². The van der Waals surface area contributed by atoms with Crippen LogP contribution in [0.25, 0.3) is 0 Å². The normalized spacial score (nSPS) is 20.1. The molecule has 2 unspecified atom stereocenters. The number of benzene rings is 2. The number of phenols is 1. The molecule has 1 aliphatic heterocycles. The van der Waals surface area contributed by atoms with E-state index in [9.17, 15) is 9.90 Å². The number of amides is 1. The number of aromatic hydroxyl groups is 1. The van der Waals surface area contributed by atoms with Crippen molar-refractivity contribution in [1.29, 1.82) is 0 Å². The number of thioether (sulfide) groups is 1. The second-order valence-corrected chi connectivity index (χ2v) is 8.39. The van der Waals surface area contributed by atoms with Crippen molar-refractivity contribution in [1.82, 2.24) is 0 Å². The Labute approximate surface area is 159 Å². The molecule has 0 saturated carbocycles. The smallest absolute Gasteiger partial charge is 0.241 e. The van der Waals surface area contributed by atoms with Gasteiger partial charge in [-0.3, -0.25) is 9.69 Å². The van der Waals surface area contributed by atoms with E-state index in [2.05, 4.69) is 0 Å². The maximum atomic E-state index is 12.9. The molecule has 1 fully saturated rings. The summed E-state index contributed by atoms with van der Waals surface area (Å²) in [4.78, 5) is 14.8. The summed E-state index contributed by atoms with van der Waals surface area (Å²) in [5, 5.41) is 10.1. The third-order valence-corrected chi connectivity index (χ3v) is 6.13. The van der Waals surface area contributed by atoms with Crippen molar-refractivity contribution in [2.75, 3.05) is 12.0 Å². The van der Waals surface area contributed by atoms with Crippen molar-refractivity contribution in [3.05, 3.63) is 53.1 Å². The van der Waals surface area contributed by atoms with Crippen molar-refractivity contribution in [3.8, 4) is 11.5 Å². The highest BCUT2D eigenvalue weighted by Gasteiger charge is 2.40. The molecule has 2 aromatic carbocycles. The first-order valence-corrected chi connectivity index (χ1v) is 9.73. The van der Waals surface area contributed by atoms with Gasteiger partial charge in [0.15, 0.2) is 0 Å². The number of anilines is 1. The van der Waals surface area contributed by atoms with Crippen LogP contribution in [0.3, 0.4) is 0 Å². The largest absolute Gasteiger partial charge is 0.508 e. The molecule has 0 radical (unpaired) electrons. The Morgan fingerprint density at radius 1 is 1.19 bits per heavy atom. The molecular weight excluding hydrogens is 346 g/mol. The maximum absolute atomic E-state index is 12.9.